The van der Waals surface area contributed by atoms with E-state index < -0.39 is 5.97 Å². The van der Waals surface area contributed by atoms with Gasteiger partial charge in [0.1, 0.15) is 0 Å². The highest BCUT2D eigenvalue weighted by molar-refractivity contribution is 6.13. The summed E-state index contributed by atoms with van der Waals surface area (Å²) in [6, 6.07) is 8.67. The molecule has 0 bridgehead atoms. The van der Waals surface area contributed by atoms with Crippen molar-refractivity contribution in [3.05, 3.63) is 47.2 Å². The molecule has 158 valence electrons. The summed E-state index contributed by atoms with van der Waals surface area (Å²) in [6.45, 7) is 2.41. The maximum Gasteiger partial charge on any atom is 0.363 e. The molecule has 8 heteroatoms. The molecule has 0 spiro atoms. The molecule has 0 fully saturated rings. The second kappa shape index (κ2) is 9.21. The van der Waals surface area contributed by atoms with Crippen LogP contribution >= 0.6 is 0 Å². The molecule has 0 saturated heterocycles. The lowest BCUT2D eigenvalue weighted by molar-refractivity contribution is -0.129. The van der Waals surface area contributed by atoms with E-state index in [1.807, 2.05) is 6.92 Å². The Labute approximate surface area is 174 Å². The Hall–Kier alpha value is -3.68. The number of benzene rings is 2. The van der Waals surface area contributed by atoms with Crippen LogP contribution in [0.1, 0.15) is 18.1 Å². The van der Waals surface area contributed by atoms with Gasteiger partial charge < -0.3 is 28.4 Å². The molecule has 1 aliphatic heterocycles. The fourth-order valence-electron chi connectivity index (χ4n) is 2.94. The summed E-state index contributed by atoms with van der Waals surface area (Å²) in [5, 5.41) is 0. The highest BCUT2D eigenvalue weighted by Crippen LogP contribution is 2.39. The van der Waals surface area contributed by atoms with E-state index in [1.165, 1.54) is 21.3 Å². The lowest BCUT2D eigenvalue weighted by Crippen LogP contribution is -2.07. The number of rotatable bonds is 8. The van der Waals surface area contributed by atoms with E-state index in [1.54, 1.807) is 43.5 Å². The fraction of sp³-hybridized carbons (Fsp3) is 0.273. The molecule has 0 aliphatic carbocycles. The number of hydrogen-bond donors (Lipinski definition) is 0. The molecule has 0 radical (unpaired) electrons. The van der Waals surface area contributed by atoms with Gasteiger partial charge in [0.2, 0.25) is 11.6 Å². The Morgan fingerprint density at radius 2 is 1.57 bits per heavy atom. The minimum atomic E-state index is -0.563. The molecule has 1 heterocycles. The van der Waals surface area contributed by atoms with Gasteiger partial charge in [0.05, 0.1) is 35.0 Å². The number of carbonyl (C=O) groups excluding carboxylic acids is 1. The van der Waals surface area contributed by atoms with Crippen LogP contribution in [0.5, 0.6) is 28.7 Å². The Morgan fingerprint density at radius 3 is 2.13 bits per heavy atom. The van der Waals surface area contributed by atoms with Crippen molar-refractivity contribution in [2.45, 2.75) is 6.92 Å². The van der Waals surface area contributed by atoms with Gasteiger partial charge in [-0.1, -0.05) is 6.07 Å². The van der Waals surface area contributed by atoms with Crippen LogP contribution < -0.4 is 23.7 Å². The van der Waals surface area contributed by atoms with Gasteiger partial charge in [-0.3, -0.25) is 0 Å². The van der Waals surface area contributed by atoms with Crippen LogP contribution in [0.15, 0.2) is 41.0 Å². The summed E-state index contributed by atoms with van der Waals surface area (Å²) >= 11 is 0. The van der Waals surface area contributed by atoms with Crippen LogP contribution in [0.25, 0.3) is 6.08 Å². The van der Waals surface area contributed by atoms with Crippen molar-refractivity contribution in [1.29, 1.82) is 0 Å². The lowest BCUT2D eigenvalue weighted by Gasteiger charge is -2.13. The summed E-state index contributed by atoms with van der Waals surface area (Å²) in [7, 11) is 6.08. The van der Waals surface area contributed by atoms with Crippen LogP contribution in [0, 0.1) is 0 Å². The first-order valence-electron chi connectivity index (χ1n) is 9.18. The first kappa shape index (κ1) is 21.0. The number of carbonyl (C=O) groups is 1. The Kier molecular flexibility index (Phi) is 6.46. The van der Waals surface area contributed by atoms with Crippen molar-refractivity contribution < 1.29 is 33.2 Å². The number of methoxy groups -OCH3 is 4. The minimum Gasteiger partial charge on any atom is -0.493 e. The molecule has 30 heavy (non-hydrogen) atoms. The highest BCUT2D eigenvalue weighted by atomic mass is 16.6. The molecule has 1 aliphatic rings. The van der Waals surface area contributed by atoms with Gasteiger partial charge in [0, 0.05) is 5.56 Å². The van der Waals surface area contributed by atoms with E-state index in [2.05, 4.69) is 4.99 Å². The molecule has 0 aromatic heterocycles. The third kappa shape index (κ3) is 4.17. The van der Waals surface area contributed by atoms with Gasteiger partial charge in [-0.05, 0) is 42.8 Å². The van der Waals surface area contributed by atoms with Gasteiger partial charge in [-0.2, -0.15) is 0 Å². The van der Waals surface area contributed by atoms with Crippen molar-refractivity contribution in [2.24, 2.45) is 4.99 Å². The summed E-state index contributed by atoms with van der Waals surface area (Å²) in [4.78, 5) is 16.7. The first-order valence-corrected chi connectivity index (χ1v) is 9.18. The molecule has 0 N–H and O–H groups in total. The van der Waals surface area contributed by atoms with Crippen LogP contribution in [-0.2, 0) is 9.53 Å². The molecule has 0 amide bonds. The van der Waals surface area contributed by atoms with E-state index in [9.17, 15) is 4.79 Å². The number of aliphatic imine (C=N–C) groups is 1. The van der Waals surface area contributed by atoms with Gasteiger partial charge >= 0.3 is 5.97 Å². The Balaban J connectivity index is 1.97. The zero-order valence-corrected chi connectivity index (χ0v) is 17.5. The van der Waals surface area contributed by atoms with Crippen molar-refractivity contribution in [3.63, 3.8) is 0 Å². The molecule has 2 aromatic carbocycles. The average molecular weight is 413 g/mol. The Bertz CT molecular complexity index is 986. The zero-order chi connectivity index (χ0) is 21.7. The van der Waals surface area contributed by atoms with Crippen LogP contribution in [0.2, 0.25) is 0 Å². The third-order valence-electron chi connectivity index (χ3n) is 4.32. The fourth-order valence-corrected chi connectivity index (χ4v) is 2.94. The van der Waals surface area contributed by atoms with E-state index in [0.29, 0.717) is 40.9 Å². The van der Waals surface area contributed by atoms with Crippen LogP contribution in [-0.4, -0.2) is 46.9 Å². The number of esters is 1. The van der Waals surface area contributed by atoms with Crippen LogP contribution in [0.3, 0.4) is 0 Å². The standard InChI is InChI=1S/C22H23NO7/c1-6-29-16-8-7-13(10-17(16)25-2)9-15-22(24)30-21(23-15)14-11-18(26-3)20(28-5)19(12-14)27-4/h7-12H,6H2,1-5H3/b15-9-. The molecule has 0 unspecified atom stereocenters. The van der Waals surface area contributed by atoms with E-state index in [-0.39, 0.29) is 11.6 Å². The predicted octanol–water partition coefficient (Wildman–Crippen LogP) is 3.46. The summed E-state index contributed by atoms with van der Waals surface area (Å²) in [5.74, 6) is 2.06. The number of cyclic esters (lactones) is 1. The second-order valence-corrected chi connectivity index (χ2v) is 6.09. The van der Waals surface area contributed by atoms with Gasteiger partial charge in [0.25, 0.3) is 0 Å². The van der Waals surface area contributed by atoms with E-state index in [0.717, 1.165) is 5.56 Å². The van der Waals surface area contributed by atoms with Gasteiger partial charge in [0.15, 0.2) is 28.7 Å². The Morgan fingerprint density at radius 1 is 0.900 bits per heavy atom. The summed E-state index contributed by atoms with van der Waals surface area (Å²) < 4.78 is 32.2. The normalized spacial score (nSPS) is 14.2. The van der Waals surface area contributed by atoms with E-state index in [4.69, 9.17) is 28.4 Å². The lowest BCUT2D eigenvalue weighted by atomic mass is 10.1. The van der Waals surface area contributed by atoms with Gasteiger partial charge in [-0.15, -0.1) is 0 Å². The molecular weight excluding hydrogens is 390 g/mol. The zero-order valence-electron chi connectivity index (χ0n) is 17.5. The second-order valence-electron chi connectivity index (χ2n) is 6.09. The molecule has 8 nitrogen and oxygen atoms in total. The van der Waals surface area contributed by atoms with Crippen molar-refractivity contribution >= 4 is 17.9 Å². The summed E-state index contributed by atoms with van der Waals surface area (Å²) in [6.07, 6.45) is 1.62. The molecule has 2 aromatic rings. The van der Waals surface area contributed by atoms with Gasteiger partial charge in [-0.25, -0.2) is 9.79 Å². The molecule has 0 saturated carbocycles. The number of ether oxygens (including phenoxy) is 6. The SMILES string of the molecule is CCOc1ccc(/C=C2\N=C(c3cc(OC)c(OC)c(OC)c3)OC2=O)cc1OC. The number of hydrogen-bond acceptors (Lipinski definition) is 8. The highest BCUT2D eigenvalue weighted by Gasteiger charge is 2.26. The smallest absolute Gasteiger partial charge is 0.363 e. The van der Waals surface area contributed by atoms with E-state index >= 15 is 0 Å². The topological polar surface area (TPSA) is 84.8 Å². The predicted molar refractivity (Wildman–Crippen MR) is 111 cm³/mol. The largest absolute Gasteiger partial charge is 0.493 e. The maximum atomic E-state index is 12.4. The molecule has 3 rings (SSSR count). The van der Waals surface area contributed by atoms with Crippen molar-refractivity contribution in [3.8, 4) is 28.7 Å². The minimum absolute atomic E-state index is 0.142. The quantitative estimate of drug-likeness (QED) is 0.484. The van der Waals surface area contributed by atoms with Crippen molar-refractivity contribution in [1.82, 2.24) is 0 Å². The number of nitrogens with zero attached hydrogens (tertiary/aromatic N) is 1. The molecular formula is C22H23NO7. The first-order chi connectivity index (χ1) is 14.5. The monoisotopic (exact) mass is 413 g/mol. The van der Waals surface area contributed by atoms with Crippen LogP contribution in [0.4, 0.5) is 0 Å². The summed E-state index contributed by atoms with van der Waals surface area (Å²) in [5.41, 5.74) is 1.40. The average Bonchev–Trinajstić information content (AvgIpc) is 3.13. The molecule has 0 atom stereocenters. The van der Waals surface area contributed by atoms with Crippen molar-refractivity contribution in [2.75, 3.05) is 35.0 Å². The maximum absolute atomic E-state index is 12.4. The third-order valence-corrected chi connectivity index (χ3v) is 4.32.